The second-order valence-corrected chi connectivity index (χ2v) is 9.43. The Morgan fingerprint density at radius 3 is 2.39 bits per heavy atom. The Balaban J connectivity index is 2.01. The van der Waals surface area contributed by atoms with E-state index in [1.807, 2.05) is 32.0 Å². The number of amides is 1. The largest absolute Gasteiger partial charge is 0.378 e. The Hall–Kier alpha value is -2.58. The highest BCUT2D eigenvalue weighted by Crippen LogP contribution is 2.34. The van der Waals surface area contributed by atoms with Gasteiger partial charge in [0, 0.05) is 30.9 Å². The monoisotopic (exact) mass is 445 g/mol. The number of nitrogens with one attached hydrogen (secondary N) is 2. The maximum Gasteiger partial charge on any atom is 0.264 e. The topological polar surface area (TPSA) is 87.7 Å². The molecular formula is C23H31N3O4S. The molecule has 0 aliphatic carbocycles. The van der Waals surface area contributed by atoms with E-state index >= 15 is 0 Å². The van der Waals surface area contributed by atoms with Crippen LogP contribution in [-0.2, 0) is 19.6 Å². The fourth-order valence-electron chi connectivity index (χ4n) is 3.65. The molecule has 1 heterocycles. The fourth-order valence-corrected chi connectivity index (χ4v) is 5.12. The predicted octanol–water partition coefficient (Wildman–Crippen LogP) is 4.07. The standard InChI is InChI=1S/C23H31N3O4S/c1-4-5-6-22(27)24-20-11-12-21(26-13-15-30-16-14-26)18(3)23(20)31(28,29)25-19-9-7-17(2)8-10-19/h7-12,25H,4-6,13-16H2,1-3H3,(H,24,27). The first-order valence-electron chi connectivity index (χ1n) is 10.7. The van der Waals surface area contributed by atoms with Crippen molar-refractivity contribution in [1.82, 2.24) is 0 Å². The van der Waals surface area contributed by atoms with Gasteiger partial charge in [-0.2, -0.15) is 0 Å². The maximum absolute atomic E-state index is 13.5. The summed E-state index contributed by atoms with van der Waals surface area (Å²) >= 11 is 0. The molecule has 1 aliphatic rings. The summed E-state index contributed by atoms with van der Waals surface area (Å²) in [6.07, 6.45) is 1.99. The van der Waals surface area contributed by atoms with Crippen molar-refractivity contribution >= 4 is 33.0 Å². The molecule has 0 unspecified atom stereocenters. The number of hydrogen-bond donors (Lipinski definition) is 2. The zero-order chi connectivity index (χ0) is 22.4. The first-order chi connectivity index (χ1) is 14.8. The molecule has 0 saturated carbocycles. The minimum absolute atomic E-state index is 0.0990. The molecule has 1 aliphatic heterocycles. The third kappa shape index (κ3) is 5.77. The van der Waals surface area contributed by atoms with E-state index in [0.717, 1.165) is 24.1 Å². The maximum atomic E-state index is 13.5. The number of benzene rings is 2. The molecule has 1 saturated heterocycles. The average molecular weight is 446 g/mol. The number of rotatable bonds is 8. The number of hydrogen-bond acceptors (Lipinski definition) is 5. The highest BCUT2D eigenvalue weighted by molar-refractivity contribution is 7.93. The van der Waals surface area contributed by atoms with Crippen molar-refractivity contribution in [2.24, 2.45) is 0 Å². The van der Waals surface area contributed by atoms with Crippen molar-refractivity contribution in [1.29, 1.82) is 0 Å². The van der Waals surface area contributed by atoms with E-state index in [4.69, 9.17) is 4.74 Å². The van der Waals surface area contributed by atoms with E-state index in [1.165, 1.54) is 0 Å². The Morgan fingerprint density at radius 1 is 1.06 bits per heavy atom. The molecule has 0 radical (unpaired) electrons. The molecule has 2 N–H and O–H groups in total. The highest BCUT2D eigenvalue weighted by Gasteiger charge is 2.26. The lowest BCUT2D eigenvalue weighted by Gasteiger charge is -2.31. The molecule has 0 aromatic heterocycles. The summed E-state index contributed by atoms with van der Waals surface area (Å²) in [7, 11) is -3.94. The van der Waals surface area contributed by atoms with Crippen LogP contribution in [0.3, 0.4) is 0 Å². The molecule has 2 aromatic rings. The summed E-state index contributed by atoms with van der Waals surface area (Å²) in [5.74, 6) is -0.188. The van der Waals surface area contributed by atoms with Crippen LogP contribution in [0.2, 0.25) is 0 Å². The van der Waals surface area contributed by atoms with Crippen molar-refractivity contribution in [3.05, 3.63) is 47.5 Å². The van der Waals surface area contributed by atoms with Gasteiger partial charge < -0.3 is 15.0 Å². The normalized spacial score (nSPS) is 14.4. The van der Waals surface area contributed by atoms with Crippen LogP contribution < -0.4 is 14.9 Å². The first-order valence-corrected chi connectivity index (χ1v) is 12.2. The number of nitrogens with zero attached hydrogens (tertiary/aromatic N) is 1. The summed E-state index contributed by atoms with van der Waals surface area (Å²) in [5.41, 5.74) is 3.26. The van der Waals surface area contributed by atoms with E-state index in [9.17, 15) is 13.2 Å². The van der Waals surface area contributed by atoms with Gasteiger partial charge in [-0.05, 0) is 50.1 Å². The summed E-state index contributed by atoms with van der Waals surface area (Å²) < 4.78 is 35.0. The number of anilines is 3. The van der Waals surface area contributed by atoms with Crippen LogP contribution in [0.5, 0.6) is 0 Å². The van der Waals surface area contributed by atoms with Gasteiger partial charge in [0.25, 0.3) is 10.0 Å². The lowest BCUT2D eigenvalue weighted by Crippen LogP contribution is -2.37. The number of carbonyl (C=O) groups excluding carboxylic acids is 1. The van der Waals surface area contributed by atoms with Crippen LogP contribution in [0.4, 0.5) is 17.1 Å². The summed E-state index contributed by atoms with van der Waals surface area (Å²) in [5, 5.41) is 2.82. The summed E-state index contributed by atoms with van der Waals surface area (Å²) in [6, 6.07) is 10.7. The molecule has 168 valence electrons. The SMILES string of the molecule is CCCCC(=O)Nc1ccc(N2CCOCC2)c(C)c1S(=O)(=O)Nc1ccc(C)cc1. The van der Waals surface area contributed by atoms with Crippen LogP contribution in [0.1, 0.15) is 37.3 Å². The second kappa shape index (κ2) is 10.2. The van der Waals surface area contributed by atoms with Crippen molar-refractivity contribution in [2.75, 3.05) is 41.2 Å². The molecule has 31 heavy (non-hydrogen) atoms. The molecule has 0 bridgehead atoms. The van der Waals surface area contributed by atoms with E-state index < -0.39 is 10.0 Å². The third-order valence-corrected chi connectivity index (χ3v) is 6.90. The number of carbonyl (C=O) groups is 1. The molecule has 1 amide bonds. The Kier molecular flexibility index (Phi) is 7.56. The van der Waals surface area contributed by atoms with Gasteiger partial charge in [-0.25, -0.2) is 8.42 Å². The molecule has 0 atom stereocenters. The lowest BCUT2D eigenvalue weighted by molar-refractivity contribution is -0.116. The zero-order valence-corrected chi connectivity index (χ0v) is 19.2. The Labute approximate surface area is 184 Å². The van der Waals surface area contributed by atoms with Crippen LogP contribution in [0, 0.1) is 13.8 Å². The van der Waals surface area contributed by atoms with E-state index in [2.05, 4.69) is 14.9 Å². The van der Waals surface area contributed by atoms with Crippen LogP contribution in [0.15, 0.2) is 41.3 Å². The quantitative estimate of drug-likeness (QED) is 0.640. The van der Waals surface area contributed by atoms with Gasteiger partial charge in [-0.15, -0.1) is 0 Å². The molecule has 3 rings (SSSR count). The Morgan fingerprint density at radius 2 is 1.74 bits per heavy atom. The van der Waals surface area contributed by atoms with Gasteiger partial charge in [0.15, 0.2) is 0 Å². The van der Waals surface area contributed by atoms with Gasteiger partial charge in [0.1, 0.15) is 4.90 Å². The molecule has 1 fully saturated rings. The summed E-state index contributed by atoms with van der Waals surface area (Å²) in [4.78, 5) is 14.6. The van der Waals surface area contributed by atoms with Gasteiger partial charge in [0.05, 0.1) is 18.9 Å². The van der Waals surface area contributed by atoms with Gasteiger partial charge in [-0.3, -0.25) is 9.52 Å². The van der Waals surface area contributed by atoms with Crippen LogP contribution in [-0.4, -0.2) is 40.6 Å². The third-order valence-electron chi connectivity index (χ3n) is 5.33. The van der Waals surface area contributed by atoms with E-state index in [0.29, 0.717) is 49.7 Å². The number of aryl methyl sites for hydroxylation is 1. The van der Waals surface area contributed by atoms with Gasteiger partial charge >= 0.3 is 0 Å². The number of morpholine rings is 1. The van der Waals surface area contributed by atoms with Crippen molar-refractivity contribution in [2.45, 2.75) is 44.9 Å². The van der Waals surface area contributed by atoms with Crippen LogP contribution in [0.25, 0.3) is 0 Å². The van der Waals surface area contributed by atoms with Crippen molar-refractivity contribution in [3.63, 3.8) is 0 Å². The molecular weight excluding hydrogens is 414 g/mol. The molecule has 8 heteroatoms. The minimum Gasteiger partial charge on any atom is -0.378 e. The summed E-state index contributed by atoms with van der Waals surface area (Å²) in [6.45, 7) is 8.31. The molecule has 0 spiro atoms. The first kappa shape index (κ1) is 23.1. The van der Waals surface area contributed by atoms with Gasteiger partial charge in [0.2, 0.25) is 5.91 Å². The smallest absolute Gasteiger partial charge is 0.264 e. The zero-order valence-electron chi connectivity index (χ0n) is 18.4. The number of sulfonamides is 1. The Bertz CT molecular complexity index is 1010. The van der Waals surface area contributed by atoms with Crippen LogP contribution >= 0.6 is 0 Å². The predicted molar refractivity (Wildman–Crippen MR) is 124 cm³/mol. The molecule has 2 aromatic carbocycles. The number of ether oxygens (including phenoxy) is 1. The fraction of sp³-hybridized carbons (Fsp3) is 0.435. The lowest BCUT2D eigenvalue weighted by atomic mass is 10.1. The average Bonchev–Trinajstić information content (AvgIpc) is 2.74. The van der Waals surface area contributed by atoms with Gasteiger partial charge in [-0.1, -0.05) is 31.0 Å². The van der Waals surface area contributed by atoms with Crippen molar-refractivity contribution < 1.29 is 17.9 Å². The minimum atomic E-state index is -3.94. The number of unbranched alkanes of at least 4 members (excludes halogenated alkanes) is 1. The van der Waals surface area contributed by atoms with E-state index in [1.54, 1.807) is 25.1 Å². The second-order valence-electron chi connectivity index (χ2n) is 7.81. The highest BCUT2D eigenvalue weighted by atomic mass is 32.2. The molecule has 7 nitrogen and oxygen atoms in total. The van der Waals surface area contributed by atoms with E-state index in [-0.39, 0.29) is 10.8 Å². The van der Waals surface area contributed by atoms with Crippen molar-refractivity contribution in [3.8, 4) is 0 Å².